The number of fused-ring (bicyclic) bond motifs is 1. The largest absolute Gasteiger partial charge is 0.492 e. The molecule has 3 aromatic rings. The highest BCUT2D eigenvalue weighted by atomic mass is 32.2. The van der Waals surface area contributed by atoms with Gasteiger partial charge in [0.25, 0.3) is 0 Å². The van der Waals surface area contributed by atoms with Crippen LogP contribution in [0, 0.1) is 12.8 Å². The molecule has 4 heterocycles. The topological polar surface area (TPSA) is 148 Å². The van der Waals surface area contributed by atoms with Crippen molar-refractivity contribution < 1.29 is 18.3 Å². The number of ether oxygens (including phenoxy) is 1. The average Bonchev–Trinajstić information content (AvgIpc) is 3.27. The van der Waals surface area contributed by atoms with Gasteiger partial charge in [-0.25, -0.2) is 9.97 Å². The molecule has 0 saturated carbocycles. The highest BCUT2D eigenvalue weighted by Crippen LogP contribution is 2.32. The number of aliphatic hydroxyl groups is 1. The molecule has 1 unspecified atom stereocenters. The van der Waals surface area contributed by atoms with Crippen molar-refractivity contribution in [2.75, 3.05) is 24.4 Å². The number of imidazole rings is 1. The van der Waals surface area contributed by atoms with Crippen LogP contribution in [0.25, 0.3) is 5.82 Å². The number of nitrogens with zero attached hydrogens (tertiary/aromatic N) is 5. The monoisotopic (exact) mass is 497 g/mol. The molecule has 11 nitrogen and oxygen atoms in total. The molecule has 12 heteroatoms. The molecule has 35 heavy (non-hydrogen) atoms. The molecule has 2 aliphatic heterocycles. The summed E-state index contributed by atoms with van der Waals surface area (Å²) in [5.41, 5.74) is 7.46. The van der Waals surface area contributed by atoms with E-state index in [-0.39, 0.29) is 11.8 Å². The number of aromatic nitrogens is 3. The second-order valence-electron chi connectivity index (χ2n) is 8.71. The fraction of sp³-hybridized carbons (Fsp3) is 0.348. The number of rotatable bonds is 6. The summed E-state index contributed by atoms with van der Waals surface area (Å²) in [6, 6.07) is 8.76. The highest BCUT2D eigenvalue weighted by Gasteiger charge is 2.28. The van der Waals surface area contributed by atoms with Gasteiger partial charge >= 0.3 is 10.2 Å². The summed E-state index contributed by atoms with van der Waals surface area (Å²) < 4.78 is 37.5. The zero-order chi connectivity index (χ0) is 24.6. The van der Waals surface area contributed by atoms with E-state index >= 15 is 0 Å². The molecule has 0 amide bonds. The van der Waals surface area contributed by atoms with Crippen molar-refractivity contribution in [3.8, 4) is 11.6 Å². The zero-order valence-corrected chi connectivity index (χ0v) is 20.0. The van der Waals surface area contributed by atoms with Crippen molar-refractivity contribution in [2.45, 2.75) is 26.0 Å². The van der Waals surface area contributed by atoms with Crippen molar-refractivity contribution in [2.24, 2.45) is 16.0 Å². The van der Waals surface area contributed by atoms with Gasteiger partial charge in [0.05, 0.1) is 17.9 Å². The third kappa shape index (κ3) is 4.85. The van der Waals surface area contributed by atoms with Crippen LogP contribution in [0.1, 0.15) is 36.0 Å². The van der Waals surface area contributed by atoms with Crippen LogP contribution < -0.4 is 15.2 Å². The predicted molar refractivity (Wildman–Crippen MR) is 131 cm³/mol. The van der Waals surface area contributed by atoms with Gasteiger partial charge in [0, 0.05) is 43.2 Å². The third-order valence-electron chi connectivity index (χ3n) is 6.25. The molecule has 0 aliphatic carbocycles. The lowest BCUT2D eigenvalue weighted by Crippen LogP contribution is -2.40. The maximum atomic E-state index is 11.8. The molecule has 2 aromatic heterocycles. The van der Waals surface area contributed by atoms with E-state index in [9.17, 15) is 13.5 Å². The quantitative estimate of drug-likeness (QED) is 0.466. The molecule has 0 radical (unpaired) electrons. The Kier molecular flexibility index (Phi) is 6.17. The molecule has 1 saturated heterocycles. The molecule has 184 valence electrons. The number of anilines is 1. The lowest BCUT2D eigenvalue weighted by Gasteiger charge is -2.36. The van der Waals surface area contributed by atoms with Crippen LogP contribution in [-0.2, 0) is 10.2 Å². The van der Waals surface area contributed by atoms with E-state index in [1.165, 1.54) is 0 Å². The fourth-order valence-corrected chi connectivity index (χ4v) is 5.40. The Labute approximate surface area is 203 Å². The summed E-state index contributed by atoms with van der Waals surface area (Å²) in [5.74, 6) is 2.07. The number of amidine groups is 1. The van der Waals surface area contributed by atoms with Gasteiger partial charge in [-0.1, -0.05) is 6.07 Å². The standard InChI is InChI=1S/C23H27N7O4S/c1-15-25-9-11-30(15)20-12-17(7-8-26-20)23(31)29-10-3-4-16(13-29)14-34-19-6-2-5-18-21(19)22(24)28-35(32,33)27-18/h2,5-9,11-12,16,23,27,31H,3-4,10,13-14H2,1H3,(H2,24,28)/t16-,23?/m0/s1. The second kappa shape index (κ2) is 9.29. The van der Waals surface area contributed by atoms with Gasteiger partial charge in [-0.3, -0.25) is 14.2 Å². The number of piperidine rings is 1. The fourth-order valence-electron chi connectivity index (χ4n) is 4.56. The van der Waals surface area contributed by atoms with Gasteiger partial charge < -0.3 is 15.6 Å². The van der Waals surface area contributed by atoms with E-state index in [2.05, 4.69) is 19.1 Å². The number of aryl methyl sites for hydroxylation is 1. The van der Waals surface area contributed by atoms with Crippen molar-refractivity contribution in [3.05, 3.63) is 65.9 Å². The Morgan fingerprint density at radius 3 is 2.94 bits per heavy atom. The van der Waals surface area contributed by atoms with Crippen LogP contribution in [0.2, 0.25) is 0 Å². The lowest BCUT2D eigenvalue weighted by molar-refractivity contribution is -0.0294. The summed E-state index contributed by atoms with van der Waals surface area (Å²) in [4.78, 5) is 10.7. The number of hydrogen-bond donors (Lipinski definition) is 3. The third-order valence-corrected chi connectivity index (χ3v) is 7.17. The summed E-state index contributed by atoms with van der Waals surface area (Å²) in [6.45, 7) is 3.71. The minimum Gasteiger partial charge on any atom is -0.492 e. The maximum Gasteiger partial charge on any atom is 0.344 e. The molecule has 1 fully saturated rings. The minimum atomic E-state index is -3.85. The van der Waals surface area contributed by atoms with Crippen molar-refractivity contribution in [1.29, 1.82) is 0 Å². The van der Waals surface area contributed by atoms with Gasteiger partial charge in [-0.05, 0) is 44.0 Å². The molecular formula is C23H27N7O4S. The van der Waals surface area contributed by atoms with Crippen LogP contribution in [-0.4, -0.2) is 58.5 Å². The van der Waals surface area contributed by atoms with Crippen LogP contribution in [0.4, 0.5) is 5.69 Å². The first-order valence-corrected chi connectivity index (χ1v) is 12.8. The van der Waals surface area contributed by atoms with Gasteiger partial charge in [0.15, 0.2) is 5.84 Å². The molecule has 2 aliphatic rings. The molecular weight excluding hydrogens is 470 g/mol. The van der Waals surface area contributed by atoms with Crippen LogP contribution in [0.5, 0.6) is 5.75 Å². The van der Waals surface area contributed by atoms with E-state index < -0.39 is 16.4 Å². The van der Waals surface area contributed by atoms with Gasteiger partial charge in [0.1, 0.15) is 23.6 Å². The second-order valence-corrected chi connectivity index (χ2v) is 10.0. The Morgan fingerprint density at radius 2 is 2.14 bits per heavy atom. The van der Waals surface area contributed by atoms with E-state index in [0.717, 1.165) is 30.8 Å². The Balaban J connectivity index is 1.27. The summed E-state index contributed by atoms with van der Waals surface area (Å²) >= 11 is 0. The first-order chi connectivity index (χ1) is 16.8. The van der Waals surface area contributed by atoms with E-state index in [1.807, 2.05) is 34.7 Å². The first kappa shape index (κ1) is 23.3. The summed E-state index contributed by atoms with van der Waals surface area (Å²) in [6.07, 6.45) is 6.34. The van der Waals surface area contributed by atoms with E-state index in [1.54, 1.807) is 30.6 Å². The van der Waals surface area contributed by atoms with Crippen molar-refractivity contribution in [3.63, 3.8) is 0 Å². The zero-order valence-electron chi connectivity index (χ0n) is 19.2. The summed E-state index contributed by atoms with van der Waals surface area (Å²) in [7, 11) is -3.85. The Hall–Kier alpha value is -3.48. The van der Waals surface area contributed by atoms with Crippen LogP contribution in [0.15, 0.2) is 53.3 Å². The number of hydrogen-bond acceptors (Lipinski definition) is 8. The van der Waals surface area contributed by atoms with Gasteiger partial charge in [-0.15, -0.1) is 4.40 Å². The number of aliphatic hydroxyl groups excluding tert-OH is 1. The normalized spacial score (nSPS) is 20.4. The lowest BCUT2D eigenvalue weighted by atomic mass is 9.98. The minimum absolute atomic E-state index is 0.100. The molecule has 0 bridgehead atoms. The molecule has 1 aromatic carbocycles. The number of pyridine rings is 1. The van der Waals surface area contributed by atoms with Crippen molar-refractivity contribution >= 4 is 21.7 Å². The van der Waals surface area contributed by atoms with E-state index in [0.29, 0.717) is 36.0 Å². The van der Waals surface area contributed by atoms with Crippen LogP contribution in [0.3, 0.4) is 0 Å². The average molecular weight is 498 g/mol. The van der Waals surface area contributed by atoms with Crippen molar-refractivity contribution in [1.82, 2.24) is 19.4 Å². The van der Waals surface area contributed by atoms with E-state index in [4.69, 9.17) is 10.5 Å². The first-order valence-electron chi connectivity index (χ1n) is 11.3. The van der Waals surface area contributed by atoms with Gasteiger partial charge in [0.2, 0.25) is 0 Å². The number of nitrogens with one attached hydrogen (secondary N) is 1. The van der Waals surface area contributed by atoms with Crippen LogP contribution >= 0.6 is 0 Å². The molecule has 0 spiro atoms. The number of nitrogens with two attached hydrogens (primary N) is 1. The molecule has 4 N–H and O–H groups in total. The molecule has 5 rings (SSSR count). The Morgan fingerprint density at radius 1 is 1.29 bits per heavy atom. The Bertz CT molecular complexity index is 1370. The molecule has 2 atom stereocenters. The maximum absolute atomic E-state index is 11.8. The smallest absolute Gasteiger partial charge is 0.344 e. The number of benzene rings is 1. The number of likely N-dealkylation sites (tertiary alicyclic amines) is 1. The summed E-state index contributed by atoms with van der Waals surface area (Å²) in [5, 5.41) is 11.1. The SMILES string of the molecule is Cc1nccn1-c1cc(C(O)N2CCC[C@H](COc3cccc4c3C(N)=NS(=O)(=O)N4)C2)ccn1. The highest BCUT2D eigenvalue weighted by molar-refractivity contribution is 7.91. The predicted octanol–water partition coefficient (Wildman–Crippen LogP) is 1.73. The van der Waals surface area contributed by atoms with Gasteiger partial charge in [-0.2, -0.15) is 8.42 Å².